The van der Waals surface area contributed by atoms with Gasteiger partial charge in [0.05, 0.1) is 0 Å². The van der Waals surface area contributed by atoms with Crippen molar-refractivity contribution >= 4 is 34.6 Å². The number of nitrogens with zero attached hydrogens (tertiary/aromatic N) is 2. The molecule has 0 aliphatic carbocycles. The molecule has 2 aromatic rings. The fourth-order valence-electron chi connectivity index (χ4n) is 2.79. The van der Waals surface area contributed by atoms with E-state index < -0.39 is 0 Å². The Morgan fingerprint density at radius 1 is 1.33 bits per heavy atom. The Labute approximate surface area is 145 Å². The van der Waals surface area contributed by atoms with Gasteiger partial charge in [-0.05, 0) is 48.1 Å². The van der Waals surface area contributed by atoms with Crippen molar-refractivity contribution in [3.05, 3.63) is 46.2 Å². The zero-order chi connectivity index (χ0) is 17.1. The summed E-state index contributed by atoms with van der Waals surface area (Å²) in [5.74, 6) is 0.132. The lowest BCUT2D eigenvalue weighted by Crippen LogP contribution is -2.33. The van der Waals surface area contributed by atoms with Crippen molar-refractivity contribution in [2.45, 2.75) is 19.3 Å². The molecule has 1 aliphatic rings. The number of amides is 3. The molecule has 1 aromatic carbocycles. The monoisotopic (exact) mass is 343 g/mol. The van der Waals surface area contributed by atoms with Gasteiger partial charge in [-0.2, -0.15) is 0 Å². The van der Waals surface area contributed by atoms with Crippen LogP contribution in [-0.4, -0.2) is 37.5 Å². The Hall–Kier alpha value is -2.34. The zero-order valence-electron chi connectivity index (χ0n) is 13.9. The van der Waals surface area contributed by atoms with Crippen molar-refractivity contribution in [1.82, 2.24) is 4.90 Å². The van der Waals surface area contributed by atoms with Crippen molar-refractivity contribution in [3.8, 4) is 0 Å². The standard InChI is InChI=1S/C18H21N3O2S/c1-20(10-9-15-4-3-11-24-15)18(23)19-14-6-7-16-13(12-14)5-8-17(22)21(16)2/h3-4,6-7,11-12H,5,8-10H2,1-2H3,(H,19,23). The lowest BCUT2D eigenvalue weighted by atomic mass is 10.0. The van der Waals surface area contributed by atoms with Crippen LogP contribution in [0.2, 0.25) is 0 Å². The molecule has 0 radical (unpaired) electrons. The van der Waals surface area contributed by atoms with Crippen LogP contribution in [0.3, 0.4) is 0 Å². The van der Waals surface area contributed by atoms with Gasteiger partial charge in [0.2, 0.25) is 5.91 Å². The average molecular weight is 343 g/mol. The molecule has 24 heavy (non-hydrogen) atoms. The first-order valence-electron chi connectivity index (χ1n) is 7.98. The van der Waals surface area contributed by atoms with E-state index in [1.54, 1.807) is 35.2 Å². The van der Waals surface area contributed by atoms with Gasteiger partial charge in [-0.15, -0.1) is 11.3 Å². The molecule has 1 N–H and O–H groups in total. The van der Waals surface area contributed by atoms with E-state index in [9.17, 15) is 9.59 Å². The Balaban J connectivity index is 1.61. The van der Waals surface area contributed by atoms with Crippen LogP contribution in [0.4, 0.5) is 16.2 Å². The number of hydrogen-bond acceptors (Lipinski definition) is 3. The summed E-state index contributed by atoms with van der Waals surface area (Å²) in [7, 11) is 3.59. The maximum absolute atomic E-state index is 12.3. The summed E-state index contributed by atoms with van der Waals surface area (Å²) in [6.45, 7) is 0.675. The third-order valence-corrected chi connectivity index (χ3v) is 5.23. The SMILES string of the molecule is CN(CCc1cccs1)C(=O)Nc1ccc2c(c1)CCC(=O)N2C. The van der Waals surface area contributed by atoms with Gasteiger partial charge in [-0.3, -0.25) is 4.79 Å². The molecule has 2 heterocycles. The van der Waals surface area contributed by atoms with Crippen molar-refractivity contribution in [2.24, 2.45) is 0 Å². The minimum atomic E-state index is -0.119. The maximum atomic E-state index is 12.3. The van der Waals surface area contributed by atoms with Crippen LogP contribution >= 0.6 is 11.3 Å². The third kappa shape index (κ3) is 3.59. The summed E-state index contributed by atoms with van der Waals surface area (Å²) in [6.07, 6.45) is 2.09. The molecule has 5 nitrogen and oxygen atoms in total. The van der Waals surface area contributed by atoms with Gasteiger partial charge in [0.1, 0.15) is 0 Å². The lowest BCUT2D eigenvalue weighted by Gasteiger charge is -2.26. The summed E-state index contributed by atoms with van der Waals surface area (Å²) >= 11 is 1.71. The highest BCUT2D eigenvalue weighted by atomic mass is 32.1. The third-order valence-electron chi connectivity index (χ3n) is 4.29. The number of benzene rings is 1. The Morgan fingerprint density at radius 2 is 2.17 bits per heavy atom. The van der Waals surface area contributed by atoms with Gasteiger partial charge in [-0.25, -0.2) is 4.79 Å². The number of fused-ring (bicyclic) bond motifs is 1. The Bertz CT molecular complexity index is 743. The molecule has 126 valence electrons. The van der Waals surface area contributed by atoms with Crippen LogP contribution in [0.25, 0.3) is 0 Å². The summed E-state index contributed by atoms with van der Waals surface area (Å²) in [5, 5.41) is 4.98. The quantitative estimate of drug-likeness (QED) is 0.925. The predicted octanol–water partition coefficient (Wildman–Crippen LogP) is 3.36. The number of anilines is 2. The van der Waals surface area contributed by atoms with E-state index in [4.69, 9.17) is 0 Å². The number of likely N-dealkylation sites (N-methyl/N-ethyl adjacent to an activating group) is 1. The maximum Gasteiger partial charge on any atom is 0.321 e. The van der Waals surface area contributed by atoms with Gasteiger partial charge in [0, 0.05) is 43.3 Å². The summed E-state index contributed by atoms with van der Waals surface area (Å²) in [6, 6.07) is 9.69. The minimum absolute atomic E-state index is 0.119. The van der Waals surface area contributed by atoms with E-state index in [0.717, 1.165) is 29.8 Å². The van der Waals surface area contributed by atoms with Crippen molar-refractivity contribution in [3.63, 3.8) is 0 Å². The Kier molecular flexibility index (Phi) is 4.85. The second-order valence-corrected chi connectivity index (χ2v) is 7.01. The van der Waals surface area contributed by atoms with Gasteiger partial charge >= 0.3 is 6.03 Å². The molecule has 0 atom stereocenters. The van der Waals surface area contributed by atoms with E-state index in [1.165, 1.54) is 4.88 Å². The molecule has 3 rings (SSSR count). The normalized spacial score (nSPS) is 13.6. The zero-order valence-corrected chi connectivity index (χ0v) is 14.7. The highest BCUT2D eigenvalue weighted by molar-refractivity contribution is 7.09. The fraction of sp³-hybridized carbons (Fsp3) is 0.333. The molecular weight excluding hydrogens is 322 g/mol. The highest BCUT2D eigenvalue weighted by Gasteiger charge is 2.21. The summed E-state index contributed by atoms with van der Waals surface area (Å²) in [4.78, 5) is 28.7. The van der Waals surface area contributed by atoms with E-state index in [1.807, 2.05) is 29.6 Å². The first kappa shape index (κ1) is 16.5. The molecule has 0 saturated carbocycles. The van der Waals surface area contributed by atoms with E-state index in [2.05, 4.69) is 11.4 Å². The van der Waals surface area contributed by atoms with Crippen LogP contribution in [0.5, 0.6) is 0 Å². The number of urea groups is 1. The lowest BCUT2D eigenvalue weighted by molar-refractivity contribution is -0.118. The number of rotatable bonds is 4. The number of carbonyl (C=O) groups excluding carboxylic acids is 2. The number of hydrogen-bond donors (Lipinski definition) is 1. The Morgan fingerprint density at radius 3 is 2.92 bits per heavy atom. The molecule has 0 unspecified atom stereocenters. The smallest absolute Gasteiger partial charge is 0.321 e. The second-order valence-electron chi connectivity index (χ2n) is 5.98. The molecular formula is C18H21N3O2S. The topological polar surface area (TPSA) is 52.7 Å². The van der Waals surface area contributed by atoms with E-state index in [-0.39, 0.29) is 11.9 Å². The number of nitrogens with one attached hydrogen (secondary N) is 1. The first-order valence-corrected chi connectivity index (χ1v) is 8.86. The van der Waals surface area contributed by atoms with Crippen LogP contribution in [0, 0.1) is 0 Å². The van der Waals surface area contributed by atoms with Crippen LogP contribution in [0.1, 0.15) is 16.9 Å². The number of carbonyl (C=O) groups is 2. The van der Waals surface area contributed by atoms with Crippen LogP contribution < -0.4 is 10.2 Å². The summed E-state index contributed by atoms with van der Waals surface area (Å²) in [5.41, 5.74) is 2.79. The van der Waals surface area contributed by atoms with Crippen LogP contribution in [-0.2, 0) is 17.6 Å². The fourth-order valence-corrected chi connectivity index (χ4v) is 3.49. The number of thiophene rings is 1. The van der Waals surface area contributed by atoms with E-state index >= 15 is 0 Å². The van der Waals surface area contributed by atoms with Gasteiger partial charge in [-0.1, -0.05) is 6.07 Å². The second kappa shape index (κ2) is 7.05. The van der Waals surface area contributed by atoms with Crippen LogP contribution in [0.15, 0.2) is 35.7 Å². The highest BCUT2D eigenvalue weighted by Crippen LogP contribution is 2.29. The average Bonchev–Trinajstić information content (AvgIpc) is 3.09. The largest absolute Gasteiger partial charge is 0.327 e. The molecule has 1 aromatic heterocycles. The van der Waals surface area contributed by atoms with Crippen molar-refractivity contribution in [2.75, 3.05) is 30.9 Å². The molecule has 0 fully saturated rings. The van der Waals surface area contributed by atoms with Gasteiger partial charge in [0.25, 0.3) is 0 Å². The minimum Gasteiger partial charge on any atom is -0.327 e. The van der Waals surface area contributed by atoms with E-state index in [0.29, 0.717) is 13.0 Å². The molecule has 6 heteroatoms. The van der Waals surface area contributed by atoms with Gasteiger partial charge < -0.3 is 15.1 Å². The molecule has 3 amide bonds. The van der Waals surface area contributed by atoms with Crippen molar-refractivity contribution < 1.29 is 9.59 Å². The first-order chi connectivity index (χ1) is 11.5. The molecule has 0 bridgehead atoms. The van der Waals surface area contributed by atoms with Gasteiger partial charge in [0.15, 0.2) is 0 Å². The van der Waals surface area contributed by atoms with Crippen molar-refractivity contribution in [1.29, 1.82) is 0 Å². The summed E-state index contributed by atoms with van der Waals surface area (Å²) < 4.78 is 0. The number of aryl methyl sites for hydroxylation is 1. The predicted molar refractivity (Wildman–Crippen MR) is 97.8 cm³/mol. The molecule has 0 saturated heterocycles. The molecule has 0 spiro atoms. The molecule has 1 aliphatic heterocycles.